The van der Waals surface area contributed by atoms with Gasteiger partial charge in [0, 0.05) is 24.5 Å². The van der Waals surface area contributed by atoms with Crippen LogP contribution in [0, 0.1) is 5.41 Å². The van der Waals surface area contributed by atoms with Crippen LogP contribution >= 0.6 is 23.2 Å². The molecule has 1 aromatic heterocycles. The number of nitrogens with one attached hydrogen (secondary N) is 3. The Balaban J connectivity index is 1.85. The summed E-state index contributed by atoms with van der Waals surface area (Å²) >= 11 is 12.0. The summed E-state index contributed by atoms with van der Waals surface area (Å²) in [6.07, 6.45) is 4.91. The Labute approximate surface area is 132 Å². The fourth-order valence-electron chi connectivity index (χ4n) is 1.53. The van der Waals surface area contributed by atoms with Gasteiger partial charge >= 0.3 is 0 Å². The van der Waals surface area contributed by atoms with Crippen LogP contribution in [0.25, 0.3) is 0 Å². The van der Waals surface area contributed by atoms with Gasteiger partial charge in [0.15, 0.2) is 0 Å². The number of guanidine groups is 1. The molecule has 0 saturated carbocycles. The van der Waals surface area contributed by atoms with Gasteiger partial charge in [-0.05, 0) is 23.8 Å². The molecule has 0 bridgehead atoms. The van der Waals surface area contributed by atoms with Gasteiger partial charge in [-0.1, -0.05) is 35.3 Å². The van der Waals surface area contributed by atoms with E-state index in [1.165, 1.54) is 6.21 Å². The fourth-order valence-corrected chi connectivity index (χ4v) is 2.02. The molecule has 0 radical (unpaired) electrons. The van der Waals surface area contributed by atoms with Crippen molar-refractivity contribution in [2.45, 2.75) is 6.54 Å². The van der Waals surface area contributed by atoms with Crippen molar-refractivity contribution in [3.63, 3.8) is 0 Å². The predicted molar refractivity (Wildman–Crippen MR) is 86.0 cm³/mol. The van der Waals surface area contributed by atoms with Crippen molar-refractivity contribution < 1.29 is 0 Å². The number of rotatable bonds is 4. The zero-order chi connectivity index (χ0) is 15.1. The summed E-state index contributed by atoms with van der Waals surface area (Å²) in [7, 11) is 0. The third-order valence-electron chi connectivity index (χ3n) is 2.56. The molecule has 0 aliphatic rings. The molecule has 108 valence electrons. The highest BCUT2D eigenvalue weighted by Crippen LogP contribution is 2.21. The SMILES string of the molecule is N=C(NCc1cccnc1)NN=Cc1c(Cl)cccc1Cl. The van der Waals surface area contributed by atoms with Crippen LogP contribution in [0.1, 0.15) is 11.1 Å². The molecule has 0 aliphatic heterocycles. The number of nitrogens with zero attached hydrogens (tertiary/aromatic N) is 2. The second-order valence-electron chi connectivity index (χ2n) is 4.10. The number of hydrogen-bond donors (Lipinski definition) is 3. The Hall–Kier alpha value is -2.11. The van der Waals surface area contributed by atoms with Crippen molar-refractivity contribution in [3.05, 3.63) is 63.9 Å². The van der Waals surface area contributed by atoms with Crippen LogP contribution in [0.4, 0.5) is 0 Å². The van der Waals surface area contributed by atoms with Crippen molar-refractivity contribution >= 4 is 35.4 Å². The van der Waals surface area contributed by atoms with Gasteiger partial charge in [-0.3, -0.25) is 10.4 Å². The normalized spacial score (nSPS) is 10.6. The minimum Gasteiger partial charge on any atom is -0.351 e. The van der Waals surface area contributed by atoms with Crippen molar-refractivity contribution in [2.24, 2.45) is 5.10 Å². The van der Waals surface area contributed by atoms with Crippen molar-refractivity contribution in [2.75, 3.05) is 0 Å². The van der Waals surface area contributed by atoms with E-state index in [1.54, 1.807) is 30.6 Å². The van der Waals surface area contributed by atoms with Crippen molar-refractivity contribution in [1.29, 1.82) is 5.41 Å². The van der Waals surface area contributed by atoms with Gasteiger partial charge in [-0.2, -0.15) is 5.10 Å². The molecule has 0 saturated heterocycles. The first-order valence-corrected chi connectivity index (χ1v) is 6.87. The van der Waals surface area contributed by atoms with Crippen LogP contribution in [0.2, 0.25) is 10.0 Å². The summed E-state index contributed by atoms with van der Waals surface area (Å²) in [5.41, 5.74) is 4.14. The van der Waals surface area contributed by atoms with E-state index >= 15 is 0 Å². The lowest BCUT2D eigenvalue weighted by atomic mass is 10.2. The predicted octanol–water partition coefficient (Wildman–Crippen LogP) is 3.04. The lowest BCUT2D eigenvalue weighted by Gasteiger charge is -2.06. The molecule has 0 unspecified atom stereocenters. The standard InChI is InChI=1S/C14H13Cl2N5/c15-12-4-1-5-13(16)11(12)9-20-21-14(17)19-8-10-3-2-6-18-7-10/h1-7,9H,8H2,(H3,17,19,21). The van der Waals surface area contributed by atoms with Gasteiger partial charge in [0.25, 0.3) is 0 Å². The van der Waals surface area contributed by atoms with Crippen LogP contribution in [0.3, 0.4) is 0 Å². The molecule has 0 spiro atoms. The summed E-state index contributed by atoms with van der Waals surface area (Å²) in [5, 5.41) is 15.5. The smallest absolute Gasteiger partial charge is 0.209 e. The molecule has 3 N–H and O–H groups in total. The highest BCUT2D eigenvalue weighted by Gasteiger charge is 2.02. The lowest BCUT2D eigenvalue weighted by molar-refractivity contribution is 0.834. The second-order valence-corrected chi connectivity index (χ2v) is 4.91. The Morgan fingerprint density at radius 3 is 2.67 bits per heavy atom. The maximum Gasteiger partial charge on any atom is 0.209 e. The fraction of sp³-hybridized carbons (Fsp3) is 0.0714. The van der Waals surface area contributed by atoms with Crippen molar-refractivity contribution in [1.82, 2.24) is 15.7 Å². The van der Waals surface area contributed by atoms with Crippen LogP contribution in [-0.2, 0) is 6.54 Å². The summed E-state index contributed by atoms with van der Waals surface area (Å²) in [6.45, 7) is 0.488. The zero-order valence-electron chi connectivity index (χ0n) is 11.0. The summed E-state index contributed by atoms with van der Waals surface area (Å²) < 4.78 is 0. The van der Waals surface area contributed by atoms with Gasteiger partial charge in [0.1, 0.15) is 0 Å². The molecule has 0 atom stereocenters. The molecule has 5 nitrogen and oxygen atoms in total. The molecule has 2 rings (SSSR count). The van der Waals surface area contributed by atoms with E-state index in [0.717, 1.165) is 5.56 Å². The molecule has 0 amide bonds. The highest BCUT2D eigenvalue weighted by molar-refractivity contribution is 6.38. The highest BCUT2D eigenvalue weighted by atomic mass is 35.5. The minimum atomic E-state index is 0.0679. The number of hydrazone groups is 1. The first kappa shape index (κ1) is 15.3. The largest absolute Gasteiger partial charge is 0.351 e. The molecule has 2 aromatic rings. The average molecular weight is 322 g/mol. The Kier molecular flexibility index (Phi) is 5.54. The summed E-state index contributed by atoms with van der Waals surface area (Å²) in [5.74, 6) is 0.0679. The molecule has 0 aliphatic carbocycles. The van der Waals surface area contributed by atoms with E-state index in [2.05, 4.69) is 20.8 Å². The third kappa shape index (κ3) is 4.73. The molecule has 7 heteroatoms. The van der Waals surface area contributed by atoms with Crippen LogP contribution < -0.4 is 10.7 Å². The average Bonchev–Trinajstić information content (AvgIpc) is 2.49. The first-order valence-electron chi connectivity index (χ1n) is 6.11. The quantitative estimate of drug-likeness (QED) is 0.460. The number of aromatic nitrogens is 1. The van der Waals surface area contributed by atoms with E-state index in [4.69, 9.17) is 28.6 Å². The van der Waals surface area contributed by atoms with Gasteiger partial charge in [0.05, 0.1) is 16.3 Å². The first-order chi connectivity index (χ1) is 10.2. The molecule has 1 aromatic carbocycles. The Bertz CT molecular complexity index is 623. The van der Waals surface area contributed by atoms with Crippen LogP contribution in [0.5, 0.6) is 0 Å². The van der Waals surface area contributed by atoms with Gasteiger partial charge in [-0.15, -0.1) is 0 Å². The third-order valence-corrected chi connectivity index (χ3v) is 3.22. The zero-order valence-corrected chi connectivity index (χ0v) is 12.5. The lowest BCUT2D eigenvalue weighted by Crippen LogP contribution is -2.32. The molecular formula is C14H13Cl2N5. The monoisotopic (exact) mass is 321 g/mol. The molecular weight excluding hydrogens is 309 g/mol. The van der Waals surface area contributed by atoms with E-state index in [0.29, 0.717) is 22.2 Å². The topological polar surface area (TPSA) is 73.2 Å². The van der Waals surface area contributed by atoms with Crippen molar-refractivity contribution in [3.8, 4) is 0 Å². The van der Waals surface area contributed by atoms with Gasteiger partial charge < -0.3 is 5.32 Å². The van der Waals surface area contributed by atoms with Gasteiger partial charge in [-0.25, -0.2) is 5.43 Å². The van der Waals surface area contributed by atoms with E-state index in [-0.39, 0.29) is 5.96 Å². The van der Waals surface area contributed by atoms with E-state index in [9.17, 15) is 0 Å². The van der Waals surface area contributed by atoms with Gasteiger partial charge in [0.2, 0.25) is 5.96 Å². The number of benzene rings is 1. The Morgan fingerprint density at radius 2 is 2.00 bits per heavy atom. The second kappa shape index (κ2) is 7.61. The maximum atomic E-state index is 7.69. The number of pyridine rings is 1. The number of hydrogen-bond acceptors (Lipinski definition) is 3. The summed E-state index contributed by atoms with van der Waals surface area (Å²) in [4.78, 5) is 3.99. The van der Waals surface area contributed by atoms with Crippen LogP contribution in [-0.4, -0.2) is 17.2 Å². The van der Waals surface area contributed by atoms with E-state index < -0.39 is 0 Å². The Morgan fingerprint density at radius 1 is 1.24 bits per heavy atom. The molecule has 21 heavy (non-hydrogen) atoms. The van der Waals surface area contributed by atoms with E-state index in [1.807, 2.05) is 12.1 Å². The number of halogens is 2. The molecule has 0 fully saturated rings. The minimum absolute atomic E-state index is 0.0679. The summed E-state index contributed by atoms with van der Waals surface area (Å²) in [6, 6.07) is 8.96. The molecule has 1 heterocycles. The maximum absolute atomic E-state index is 7.69. The van der Waals surface area contributed by atoms with Crippen LogP contribution in [0.15, 0.2) is 47.8 Å².